The zero-order valence-corrected chi connectivity index (χ0v) is 12.3. The van der Waals surface area contributed by atoms with E-state index in [4.69, 9.17) is 9.84 Å². The standard InChI is InChI=1S/C15H19N5O/c1-9-5-6-20-12(18-9)7-11(19-20)13-14(10-3-4-10)16-8-17-15(13)21-2/h7-10,18H,3-6H2,1-2H3. The van der Waals surface area contributed by atoms with Gasteiger partial charge in [-0.2, -0.15) is 5.10 Å². The molecule has 2 aliphatic rings. The van der Waals surface area contributed by atoms with Crippen LogP contribution in [0.5, 0.6) is 5.88 Å². The maximum absolute atomic E-state index is 5.45. The summed E-state index contributed by atoms with van der Waals surface area (Å²) >= 11 is 0. The number of rotatable bonds is 3. The van der Waals surface area contributed by atoms with Crippen molar-refractivity contribution in [2.75, 3.05) is 12.4 Å². The minimum atomic E-state index is 0.485. The molecule has 1 atom stereocenters. The molecule has 6 heteroatoms. The number of hydrogen-bond acceptors (Lipinski definition) is 5. The summed E-state index contributed by atoms with van der Waals surface area (Å²) in [6.07, 6.45) is 5.06. The monoisotopic (exact) mass is 285 g/mol. The van der Waals surface area contributed by atoms with Crippen molar-refractivity contribution in [1.29, 1.82) is 0 Å². The fraction of sp³-hybridized carbons (Fsp3) is 0.533. The van der Waals surface area contributed by atoms with Crippen molar-refractivity contribution in [3.05, 3.63) is 18.1 Å². The Labute approximate surface area is 123 Å². The van der Waals surface area contributed by atoms with Crippen LogP contribution >= 0.6 is 0 Å². The Kier molecular flexibility index (Phi) is 2.83. The predicted octanol–water partition coefficient (Wildman–Crippen LogP) is 2.43. The lowest BCUT2D eigenvalue weighted by Gasteiger charge is -2.21. The van der Waals surface area contributed by atoms with Gasteiger partial charge < -0.3 is 10.1 Å². The molecule has 6 nitrogen and oxygen atoms in total. The summed E-state index contributed by atoms with van der Waals surface area (Å²) in [6.45, 7) is 3.14. The quantitative estimate of drug-likeness (QED) is 0.938. The molecule has 3 heterocycles. The Bertz CT molecular complexity index is 677. The molecule has 21 heavy (non-hydrogen) atoms. The van der Waals surface area contributed by atoms with Gasteiger partial charge in [-0.3, -0.25) is 0 Å². The van der Waals surface area contributed by atoms with Crippen molar-refractivity contribution in [3.63, 3.8) is 0 Å². The molecular weight excluding hydrogens is 266 g/mol. The van der Waals surface area contributed by atoms with Crippen LogP contribution in [-0.4, -0.2) is 32.9 Å². The highest BCUT2D eigenvalue weighted by molar-refractivity contribution is 5.71. The van der Waals surface area contributed by atoms with Crippen molar-refractivity contribution in [2.45, 2.75) is 44.7 Å². The van der Waals surface area contributed by atoms with Gasteiger partial charge in [0, 0.05) is 24.6 Å². The van der Waals surface area contributed by atoms with Gasteiger partial charge >= 0.3 is 0 Å². The second-order valence-electron chi connectivity index (χ2n) is 5.89. The number of anilines is 1. The number of hydrogen-bond donors (Lipinski definition) is 1. The molecule has 0 saturated heterocycles. The zero-order valence-electron chi connectivity index (χ0n) is 12.3. The number of nitrogens with one attached hydrogen (secondary N) is 1. The van der Waals surface area contributed by atoms with Crippen LogP contribution in [0.3, 0.4) is 0 Å². The van der Waals surface area contributed by atoms with Gasteiger partial charge in [0.05, 0.1) is 18.4 Å². The van der Waals surface area contributed by atoms with E-state index in [9.17, 15) is 0 Å². The van der Waals surface area contributed by atoms with E-state index in [2.05, 4.69) is 28.3 Å². The topological polar surface area (TPSA) is 64.9 Å². The van der Waals surface area contributed by atoms with Crippen LogP contribution in [0.4, 0.5) is 5.82 Å². The molecule has 0 bridgehead atoms. The molecule has 0 spiro atoms. The second kappa shape index (κ2) is 4.72. The Balaban J connectivity index is 1.83. The Morgan fingerprint density at radius 2 is 2.14 bits per heavy atom. The fourth-order valence-corrected chi connectivity index (χ4v) is 2.91. The molecule has 2 aromatic rings. The van der Waals surface area contributed by atoms with E-state index in [1.807, 2.05) is 4.68 Å². The summed E-state index contributed by atoms with van der Waals surface area (Å²) in [5, 5.41) is 8.20. The molecule has 1 unspecified atom stereocenters. The number of fused-ring (bicyclic) bond motifs is 1. The van der Waals surface area contributed by atoms with E-state index in [1.165, 1.54) is 12.8 Å². The van der Waals surface area contributed by atoms with Crippen molar-refractivity contribution < 1.29 is 4.74 Å². The lowest BCUT2D eigenvalue weighted by atomic mass is 10.1. The Hall–Kier alpha value is -2.11. The minimum absolute atomic E-state index is 0.485. The van der Waals surface area contributed by atoms with Crippen LogP contribution in [0.2, 0.25) is 0 Å². The third-order valence-corrected chi connectivity index (χ3v) is 4.20. The Morgan fingerprint density at radius 1 is 1.29 bits per heavy atom. The van der Waals surface area contributed by atoms with Gasteiger partial charge in [0.2, 0.25) is 5.88 Å². The van der Waals surface area contributed by atoms with Crippen molar-refractivity contribution in [1.82, 2.24) is 19.7 Å². The molecule has 1 fully saturated rings. The first-order chi connectivity index (χ1) is 10.3. The first kappa shape index (κ1) is 12.6. The van der Waals surface area contributed by atoms with Gasteiger partial charge in [-0.15, -0.1) is 0 Å². The summed E-state index contributed by atoms with van der Waals surface area (Å²) in [5.74, 6) is 2.22. The van der Waals surface area contributed by atoms with Crippen LogP contribution in [0, 0.1) is 0 Å². The van der Waals surface area contributed by atoms with Crippen LogP contribution in [0.15, 0.2) is 12.4 Å². The molecule has 0 radical (unpaired) electrons. The van der Waals surface area contributed by atoms with Crippen LogP contribution < -0.4 is 10.1 Å². The molecule has 1 N–H and O–H groups in total. The SMILES string of the molecule is COc1ncnc(C2CC2)c1-c1cc2n(n1)CCC(C)N2. The summed E-state index contributed by atoms with van der Waals surface area (Å²) in [4.78, 5) is 8.75. The minimum Gasteiger partial charge on any atom is -0.480 e. The lowest BCUT2D eigenvalue weighted by molar-refractivity contribution is 0.397. The average Bonchev–Trinajstić information content (AvgIpc) is 3.26. The molecule has 1 aliphatic heterocycles. The van der Waals surface area contributed by atoms with Crippen molar-refractivity contribution in [2.24, 2.45) is 0 Å². The van der Waals surface area contributed by atoms with E-state index in [0.29, 0.717) is 17.8 Å². The van der Waals surface area contributed by atoms with Gasteiger partial charge in [-0.25, -0.2) is 14.6 Å². The molecule has 0 amide bonds. The second-order valence-corrected chi connectivity index (χ2v) is 5.89. The van der Waals surface area contributed by atoms with Crippen LogP contribution in [-0.2, 0) is 6.54 Å². The van der Waals surface area contributed by atoms with E-state index < -0.39 is 0 Å². The Morgan fingerprint density at radius 3 is 2.90 bits per heavy atom. The van der Waals surface area contributed by atoms with Gasteiger partial charge in [0.25, 0.3) is 0 Å². The zero-order chi connectivity index (χ0) is 14.4. The third kappa shape index (κ3) is 2.14. The predicted molar refractivity (Wildman–Crippen MR) is 79.5 cm³/mol. The summed E-state index contributed by atoms with van der Waals surface area (Å²) in [5.41, 5.74) is 2.94. The maximum atomic E-state index is 5.45. The van der Waals surface area contributed by atoms with E-state index >= 15 is 0 Å². The average molecular weight is 285 g/mol. The molecule has 1 saturated carbocycles. The van der Waals surface area contributed by atoms with E-state index in [1.54, 1.807) is 13.4 Å². The first-order valence-electron chi connectivity index (χ1n) is 7.50. The number of aryl methyl sites for hydroxylation is 1. The molecule has 1 aliphatic carbocycles. The fourth-order valence-electron chi connectivity index (χ4n) is 2.91. The third-order valence-electron chi connectivity index (χ3n) is 4.20. The van der Waals surface area contributed by atoms with Gasteiger partial charge in [-0.1, -0.05) is 0 Å². The van der Waals surface area contributed by atoms with Gasteiger partial charge in [-0.05, 0) is 26.2 Å². The number of nitrogens with zero attached hydrogens (tertiary/aromatic N) is 4. The largest absolute Gasteiger partial charge is 0.480 e. The summed E-state index contributed by atoms with van der Waals surface area (Å²) in [7, 11) is 1.65. The van der Waals surface area contributed by atoms with Crippen LogP contribution in [0.25, 0.3) is 11.3 Å². The highest BCUT2D eigenvalue weighted by atomic mass is 16.5. The van der Waals surface area contributed by atoms with Crippen molar-refractivity contribution in [3.8, 4) is 17.1 Å². The van der Waals surface area contributed by atoms with E-state index in [-0.39, 0.29) is 0 Å². The maximum Gasteiger partial charge on any atom is 0.226 e. The van der Waals surface area contributed by atoms with Gasteiger partial charge in [0.15, 0.2) is 0 Å². The van der Waals surface area contributed by atoms with Crippen molar-refractivity contribution >= 4 is 5.82 Å². The van der Waals surface area contributed by atoms with Crippen LogP contribution in [0.1, 0.15) is 37.8 Å². The smallest absolute Gasteiger partial charge is 0.226 e. The highest BCUT2D eigenvalue weighted by Gasteiger charge is 2.31. The number of methoxy groups -OCH3 is 1. The summed E-state index contributed by atoms with van der Waals surface area (Å²) < 4.78 is 7.48. The molecule has 0 aromatic carbocycles. The van der Waals surface area contributed by atoms with Gasteiger partial charge in [0.1, 0.15) is 17.8 Å². The number of aromatic nitrogens is 4. The highest BCUT2D eigenvalue weighted by Crippen LogP contribution is 2.45. The lowest BCUT2D eigenvalue weighted by Crippen LogP contribution is -2.25. The molecule has 2 aromatic heterocycles. The first-order valence-corrected chi connectivity index (χ1v) is 7.50. The normalized spacial score (nSPS) is 20.8. The molecule has 4 rings (SSSR count). The number of ether oxygens (including phenoxy) is 1. The van der Waals surface area contributed by atoms with E-state index in [0.717, 1.165) is 35.7 Å². The molecule has 110 valence electrons. The molecular formula is C15H19N5O. The summed E-state index contributed by atoms with van der Waals surface area (Å²) in [6, 6.07) is 2.57.